The molecule has 1 aliphatic heterocycles. The Bertz CT molecular complexity index is 1340. The van der Waals surface area contributed by atoms with Crippen molar-refractivity contribution in [3.63, 3.8) is 0 Å². The normalized spacial score (nSPS) is 14.2. The molecule has 2 aromatic heterocycles. The zero-order valence-corrected chi connectivity index (χ0v) is 21.1. The summed E-state index contributed by atoms with van der Waals surface area (Å²) >= 11 is 7.19. The molecule has 0 aliphatic carbocycles. The second-order valence-corrected chi connectivity index (χ2v) is 9.96. The van der Waals surface area contributed by atoms with Gasteiger partial charge >= 0.3 is 0 Å². The van der Waals surface area contributed by atoms with Crippen molar-refractivity contribution in [1.29, 1.82) is 0 Å². The number of nitrogens with one attached hydrogen (secondary N) is 3. The van der Waals surface area contributed by atoms with Gasteiger partial charge in [0.15, 0.2) is 5.11 Å². The minimum atomic E-state index is -0.224. The van der Waals surface area contributed by atoms with Crippen LogP contribution in [-0.2, 0) is 0 Å². The van der Waals surface area contributed by atoms with Crippen molar-refractivity contribution in [3.8, 4) is 0 Å². The quantitative estimate of drug-likeness (QED) is 0.344. The molecule has 1 saturated heterocycles. The van der Waals surface area contributed by atoms with Crippen LogP contribution in [0.4, 0.5) is 17.1 Å². The molecule has 9 nitrogen and oxygen atoms in total. The summed E-state index contributed by atoms with van der Waals surface area (Å²) in [5.41, 5.74) is 4.69. The predicted octanol–water partition coefficient (Wildman–Crippen LogP) is 4.31. The molecule has 0 radical (unpaired) electrons. The standard InChI is InChI=1S/C24H26N8OS2/c1-31(2)18-6-3-16(4-7-18)26-24(34)32-11-9-15(10-12-32)23-27-21(14-35-23)22(33)25-17-5-8-19-20(13-17)29-30-28-19/h3-8,13-15H,9-12H2,1-2H3,(H,25,33)(H,26,34)(H,28,29,30). The van der Waals surface area contributed by atoms with Crippen LogP contribution in [0.3, 0.4) is 0 Å². The van der Waals surface area contributed by atoms with Crippen molar-refractivity contribution in [3.05, 3.63) is 58.5 Å². The molecule has 0 atom stereocenters. The van der Waals surface area contributed by atoms with E-state index in [4.69, 9.17) is 12.2 Å². The maximum absolute atomic E-state index is 12.7. The van der Waals surface area contributed by atoms with Crippen LogP contribution in [0.25, 0.3) is 11.0 Å². The number of carbonyl (C=O) groups is 1. The van der Waals surface area contributed by atoms with Gasteiger partial charge in [-0.3, -0.25) is 4.79 Å². The first kappa shape index (κ1) is 23.2. The van der Waals surface area contributed by atoms with E-state index in [0.29, 0.717) is 22.8 Å². The Morgan fingerprint density at radius 2 is 1.77 bits per heavy atom. The number of amides is 1. The van der Waals surface area contributed by atoms with Crippen molar-refractivity contribution in [2.45, 2.75) is 18.8 Å². The highest BCUT2D eigenvalue weighted by molar-refractivity contribution is 7.80. The number of piperidine rings is 1. The average Bonchev–Trinajstić information content (AvgIpc) is 3.54. The number of aromatic amines is 1. The summed E-state index contributed by atoms with van der Waals surface area (Å²) in [5, 5.41) is 20.5. The second-order valence-electron chi connectivity index (χ2n) is 8.68. The number of likely N-dealkylation sites (tertiary alicyclic amines) is 1. The largest absolute Gasteiger partial charge is 0.378 e. The topological polar surface area (TPSA) is 102 Å². The molecule has 5 rings (SSSR count). The molecule has 1 amide bonds. The molecule has 2 aromatic carbocycles. The van der Waals surface area contributed by atoms with Crippen LogP contribution in [0.15, 0.2) is 47.8 Å². The summed E-state index contributed by atoms with van der Waals surface area (Å²) < 4.78 is 0. The molecule has 3 N–H and O–H groups in total. The van der Waals surface area contributed by atoms with Crippen molar-refractivity contribution in [1.82, 2.24) is 25.3 Å². The first-order valence-corrected chi connectivity index (χ1v) is 12.7. The third-order valence-corrected chi connectivity index (χ3v) is 7.46. The van der Waals surface area contributed by atoms with Gasteiger partial charge in [-0.15, -0.1) is 11.3 Å². The van der Waals surface area contributed by atoms with E-state index >= 15 is 0 Å². The van der Waals surface area contributed by atoms with Gasteiger partial charge in [-0.05, 0) is 67.5 Å². The Labute approximate surface area is 212 Å². The molecule has 3 heterocycles. The van der Waals surface area contributed by atoms with Crippen molar-refractivity contribution in [2.24, 2.45) is 0 Å². The van der Waals surface area contributed by atoms with E-state index in [-0.39, 0.29) is 5.91 Å². The van der Waals surface area contributed by atoms with Crippen LogP contribution in [0.2, 0.25) is 0 Å². The number of rotatable bonds is 5. The van der Waals surface area contributed by atoms with Gasteiger partial charge in [0.05, 0.1) is 5.01 Å². The summed E-state index contributed by atoms with van der Waals surface area (Å²) in [6.07, 6.45) is 1.89. The van der Waals surface area contributed by atoms with Crippen LogP contribution >= 0.6 is 23.6 Å². The van der Waals surface area contributed by atoms with Gasteiger partial charge in [0.2, 0.25) is 0 Å². The Hall–Kier alpha value is -3.57. The lowest BCUT2D eigenvalue weighted by atomic mass is 9.98. The number of benzene rings is 2. The van der Waals surface area contributed by atoms with Gasteiger partial charge in [-0.2, -0.15) is 15.4 Å². The fourth-order valence-electron chi connectivity index (χ4n) is 4.07. The molecule has 35 heavy (non-hydrogen) atoms. The number of carbonyl (C=O) groups excluding carboxylic acids is 1. The summed E-state index contributed by atoms with van der Waals surface area (Å²) in [7, 11) is 4.04. The number of aromatic nitrogens is 4. The van der Waals surface area contributed by atoms with Gasteiger partial charge in [0.1, 0.15) is 16.7 Å². The number of thiazole rings is 1. The summed E-state index contributed by atoms with van der Waals surface area (Å²) in [5.74, 6) is 0.102. The third-order valence-electron chi connectivity index (χ3n) is 6.10. The van der Waals surface area contributed by atoms with E-state index in [0.717, 1.165) is 52.9 Å². The fourth-order valence-corrected chi connectivity index (χ4v) is 5.34. The maximum Gasteiger partial charge on any atom is 0.275 e. The van der Waals surface area contributed by atoms with Crippen molar-refractivity contribution < 1.29 is 4.79 Å². The highest BCUT2D eigenvalue weighted by Crippen LogP contribution is 2.31. The molecule has 4 aromatic rings. The number of anilines is 3. The lowest BCUT2D eigenvalue weighted by Crippen LogP contribution is -2.40. The zero-order chi connectivity index (χ0) is 24.4. The fraction of sp³-hybridized carbons (Fsp3) is 0.292. The van der Waals surface area contributed by atoms with E-state index in [1.165, 1.54) is 0 Å². The van der Waals surface area contributed by atoms with E-state index in [1.807, 2.05) is 37.7 Å². The van der Waals surface area contributed by atoms with Crippen molar-refractivity contribution in [2.75, 3.05) is 42.7 Å². The first-order valence-electron chi connectivity index (χ1n) is 11.4. The minimum absolute atomic E-state index is 0.224. The second kappa shape index (κ2) is 9.96. The Kier molecular flexibility index (Phi) is 6.60. The Balaban J connectivity index is 1.14. The molecule has 0 bridgehead atoms. The van der Waals surface area contributed by atoms with Gasteiger partial charge in [0.25, 0.3) is 5.91 Å². The molecule has 1 aliphatic rings. The molecular formula is C24H26N8OS2. The van der Waals surface area contributed by atoms with Gasteiger partial charge in [-0.25, -0.2) is 4.98 Å². The first-order chi connectivity index (χ1) is 17.0. The molecular weight excluding hydrogens is 480 g/mol. The third kappa shape index (κ3) is 5.25. The van der Waals surface area contributed by atoms with E-state index < -0.39 is 0 Å². The van der Waals surface area contributed by atoms with Crippen molar-refractivity contribution >= 4 is 62.7 Å². The highest BCUT2D eigenvalue weighted by Gasteiger charge is 2.25. The van der Waals surface area contributed by atoms with Gasteiger partial charge < -0.3 is 20.4 Å². The Morgan fingerprint density at radius 3 is 2.51 bits per heavy atom. The molecule has 180 valence electrons. The number of fused-ring (bicyclic) bond motifs is 1. The zero-order valence-electron chi connectivity index (χ0n) is 19.5. The molecule has 1 fully saturated rings. The smallest absolute Gasteiger partial charge is 0.275 e. The SMILES string of the molecule is CN(C)c1ccc(NC(=S)N2CCC(c3nc(C(=O)Nc4ccc5n[nH]nc5c4)cs3)CC2)cc1. The predicted molar refractivity (Wildman–Crippen MR) is 144 cm³/mol. The number of H-pyrrole nitrogens is 1. The number of nitrogens with zero attached hydrogens (tertiary/aromatic N) is 5. The lowest BCUT2D eigenvalue weighted by molar-refractivity contribution is 0.102. The molecule has 0 unspecified atom stereocenters. The van der Waals surface area contributed by atoms with Crippen LogP contribution in [-0.4, -0.2) is 63.5 Å². The lowest BCUT2D eigenvalue weighted by Gasteiger charge is -2.33. The molecule has 0 saturated carbocycles. The monoisotopic (exact) mass is 506 g/mol. The van der Waals surface area contributed by atoms with Crippen LogP contribution in [0, 0.1) is 0 Å². The van der Waals surface area contributed by atoms with Gasteiger partial charge in [-0.1, -0.05) is 0 Å². The molecule has 0 spiro atoms. The van der Waals surface area contributed by atoms with Crippen LogP contribution < -0.4 is 15.5 Å². The van der Waals surface area contributed by atoms with E-state index in [1.54, 1.807) is 23.5 Å². The number of thiocarbonyl (C=S) groups is 1. The number of hydrogen-bond donors (Lipinski definition) is 3. The average molecular weight is 507 g/mol. The van der Waals surface area contributed by atoms with E-state index in [2.05, 4.69) is 53.0 Å². The highest BCUT2D eigenvalue weighted by atomic mass is 32.1. The minimum Gasteiger partial charge on any atom is -0.378 e. The summed E-state index contributed by atoms with van der Waals surface area (Å²) in [6, 6.07) is 13.6. The molecule has 11 heteroatoms. The van der Waals surface area contributed by atoms with Crippen LogP contribution in [0.1, 0.15) is 34.3 Å². The number of hydrogen-bond acceptors (Lipinski definition) is 7. The van der Waals surface area contributed by atoms with Crippen LogP contribution in [0.5, 0.6) is 0 Å². The van der Waals surface area contributed by atoms with E-state index in [9.17, 15) is 4.79 Å². The Morgan fingerprint density at radius 1 is 1.06 bits per heavy atom. The summed E-state index contributed by atoms with van der Waals surface area (Å²) in [4.78, 5) is 21.6. The summed E-state index contributed by atoms with van der Waals surface area (Å²) in [6.45, 7) is 1.70. The maximum atomic E-state index is 12.7. The van der Waals surface area contributed by atoms with Gasteiger partial charge in [0, 0.05) is 55.5 Å².